The second kappa shape index (κ2) is 5.41. The van der Waals surface area contributed by atoms with Gasteiger partial charge in [0.15, 0.2) is 0 Å². The predicted octanol–water partition coefficient (Wildman–Crippen LogP) is 2.18. The minimum atomic E-state index is -0.820. The molecule has 0 spiro atoms. The Morgan fingerprint density at radius 1 is 1.56 bits per heavy atom. The van der Waals surface area contributed by atoms with Crippen LogP contribution < -0.4 is 5.32 Å². The van der Waals surface area contributed by atoms with E-state index in [0.717, 1.165) is 10.7 Å². The molecule has 0 saturated heterocycles. The second-order valence-electron chi connectivity index (χ2n) is 3.83. The summed E-state index contributed by atoms with van der Waals surface area (Å²) in [7, 11) is 0. The van der Waals surface area contributed by atoms with E-state index in [-0.39, 0.29) is 0 Å². The van der Waals surface area contributed by atoms with Gasteiger partial charge < -0.3 is 5.11 Å². The van der Waals surface area contributed by atoms with Gasteiger partial charge in [-0.05, 0) is 19.8 Å². The Kier molecular flexibility index (Phi) is 4.44. The van der Waals surface area contributed by atoms with E-state index in [2.05, 4.69) is 10.3 Å². The normalized spacial score (nSPS) is 11.7. The van der Waals surface area contributed by atoms with Gasteiger partial charge in [-0.15, -0.1) is 11.3 Å². The maximum atomic E-state index is 11.2. The molecule has 0 saturated carbocycles. The number of hydrogen-bond donors (Lipinski definition) is 2. The molecule has 0 aliphatic rings. The zero-order chi connectivity index (χ0) is 12.2. The van der Waals surface area contributed by atoms with Crippen molar-refractivity contribution in [2.45, 2.75) is 45.7 Å². The summed E-state index contributed by atoms with van der Waals surface area (Å²) in [6, 6.07) is 0. The van der Waals surface area contributed by atoms with Crippen LogP contribution >= 0.6 is 11.3 Å². The summed E-state index contributed by atoms with van der Waals surface area (Å²) in [4.78, 5) is 15.5. The van der Waals surface area contributed by atoms with Gasteiger partial charge in [0.25, 0.3) is 0 Å². The van der Waals surface area contributed by atoms with Crippen LogP contribution in [-0.4, -0.2) is 21.6 Å². The summed E-state index contributed by atoms with van der Waals surface area (Å²) in [5.74, 6) is -0.786. The second-order valence-corrected chi connectivity index (χ2v) is 4.77. The molecule has 0 fully saturated rings. The first-order valence-corrected chi connectivity index (χ1v) is 6.31. The Morgan fingerprint density at radius 2 is 2.19 bits per heavy atom. The highest BCUT2D eigenvalue weighted by atomic mass is 32.1. The number of carboxylic acid groups (broad SMARTS) is 1. The van der Waals surface area contributed by atoms with Gasteiger partial charge in [-0.2, -0.15) is 0 Å². The molecule has 90 valence electrons. The molecule has 0 unspecified atom stereocenters. The van der Waals surface area contributed by atoms with Crippen molar-refractivity contribution in [1.82, 2.24) is 10.3 Å². The topological polar surface area (TPSA) is 62.2 Å². The molecule has 4 nitrogen and oxygen atoms in total. The number of aliphatic carboxylic acids is 1. The summed E-state index contributed by atoms with van der Waals surface area (Å²) in [6.07, 6.45) is 1.15. The number of aromatic nitrogens is 1. The maximum absolute atomic E-state index is 11.2. The summed E-state index contributed by atoms with van der Waals surface area (Å²) < 4.78 is 0. The summed E-state index contributed by atoms with van der Waals surface area (Å²) in [5, 5.41) is 15.2. The highest BCUT2D eigenvalue weighted by molar-refractivity contribution is 7.09. The lowest BCUT2D eigenvalue weighted by atomic mass is 9.93. The predicted molar refractivity (Wildman–Crippen MR) is 64.6 cm³/mol. The zero-order valence-electron chi connectivity index (χ0n) is 9.91. The van der Waals surface area contributed by atoms with E-state index < -0.39 is 11.5 Å². The molecule has 0 atom stereocenters. The third-order valence-corrected chi connectivity index (χ3v) is 3.83. The number of rotatable bonds is 6. The first-order chi connectivity index (χ1) is 7.54. The van der Waals surface area contributed by atoms with Gasteiger partial charge in [-0.25, -0.2) is 4.98 Å². The summed E-state index contributed by atoms with van der Waals surface area (Å²) in [5.41, 5.74) is 0.162. The zero-order valence-corrected chi connectivity index (χ0v) is 10.7. The Hall–Kier alpha value is -0.940. The minimum absolute atomic E-state index is 0.520. The molecule has 2 N–H and O–H groups in total. The molecular weight excluding hydrogens is 224 g/mol. The molecule has 0 aliphatic heterocycles. The van der Waals surface area contributed by atoms with Gasteiger partial charge in [0.2, 0.25) is 0 Å². The average Bonchev–Trinajstić information content (AvgIpc) is 2.66. The lowest BCUT2D eigenvalue weighted by Crippen LogP contribution is -2.50. The maximum Gasteiger partial charge on any atom is 0.323 e. The van der Waals surface area contributed by atoms with Crippen molar-refractivity contribution in [3.63, 3.8) is 0 Å². The van der Waals surface area contributed by atoms with Crippen LogP contribution in [0.1, 0.15) is 37.4 Å². The van der Waals surface area contributed by atoms with Crippen LogP contribution in [0.5, 0.6) is 0 Å². The average molecular weight is 242 g/mol. The SMILES string of the molecule is CCC(CC)(NCc1nc(C)cs1)C(=O)O. The van der Waals surface area contributed by atoms with Gasteiger partial charge in [-0.3, -0.25) is 10.1 Å². The van der Waals surface area contributed by atoms with Crippen molar-refractivity contribution in [3.8, 4) is 0 Å². The van der Waals surface area contributed by atoms with Gasteiger partial charge in [0.05, 0.1) is 0 Å². The third kappa shape index (κ3) is 2.80. The molecule has 0 amide bonds. The standard InChI is InChI=1S/C11H18N2O2S/c1-4-11(5-2,10(14)15)12-6-9-13-8(3)7-16-9/h7,12H,4-6H2,1-3H3,(H,14,15). The molecule has 16 heavy (non-hydrogen) atoms. The monoisotopic (exact) mass is 242 g/mol. The molecule has 1 heterocycles. The number of carboxylic acids is 1. The number of nitrogens with one attached hydrogen (secondary N) is 1. The first kappa shape index (κ1) is 13.1. The van der Waals surface area contributed by atoms with Crippen LogP contribution in [0.25, 0.3) is 0 Å². The third-order valence-electron chi connectivity index (χ3n) is 2.86. The molecule has 1 rings (SSSR count). The van der Waals surface area contributed by atoms with Crippen molar-refractivity contribution < 1.29 is 9.90 Å². The lowest BCUT2D eigenvalue weighted by Gasteiger charge is -2.27. The van der Waals surface area contributed by atoms with E-state index in [9.17, 15) is 9.90 Å². The molecule has 1 aromatic rings. The number of carbonyl (C=O) groups is 1. The van der Waals surface area contributed by atoms with Crippen molar-refractivity contribution in [3.05, 3.63) is 16.1 Å². The Bertz CT molecular complexity index is 359. The fourth-order valence-corrected chi connectivity index (χ4v) is 2.32. The van der Waals surface area contributed by atoms with Crippen LogP contribution in [0.4, 0.5) is 0 Å². The van der Waals surface area contributed by atoms with E-state index in [4.69, 9.17) is 0 Å². The van der Waals surface area contributed by atoms with Crippen LogP contribution in [0, 0.1) is 6.92 Å². The van der Waals surface area contributed by atoms with Crippen molar-refractivity contribution in [2.75, 3.05) is 0 Å². The Balaban J connectivity index is 2.67. The van der Waals surface area contributed by atoms with Crippen molar-refractivity contribution >= 4 is 17.3 Å². The quantitative estimate of drug-likeness (QED) is 0.802. The molecule has 0 bridgehead atoms. The van der Waals surface area contributed by atoms with Gasteiger partial charge in [0.1, 0.15) is 10.5 Å². The van der Waals surface area contributed by atoms with Crippen molar-refractivity contribution in [1.29, 1.82) is 0 Å². The summed E-state index contributed by atoms with van der Waals surface area (Å²) in [6.45, 7) is 6.23. The molecule has 5 heteroatoms. The fourth-order valence-electron chi connectivity index (χ4n) is 1.61. The molecule has 0 aliphatic carbocycles. The van der Waals surface area contributed by atoms with Crippen LogP contribution in [0.3, 0.4) is 0 Å². The molecule has 1 aromatic heterocycles. The minimum Gasteiger partial charge on any atom is -0.480 e. The van der Waals surface area contributed by atoms with E-state index in [1.807, 2.05) is 26.2 Å². The van der Waals surface area contributed by atoms with Crippen LogP contribution in [0.15, 0.2) is 5.38 Å². The largest absolute Gasteiger partial charge is 0.480 e. The lowest BCUT2D eigenvalue weighted by molar-refractivity contribution is -0.145. The number of aryl methyl sites for hydroxylation is 1. The van der Waals surface area contributed by atoms with Gasteiger partial charge in [0, 0.05) is 17.6 Å². The number of thiazole rings is 1. The fraction of sp³-hybridized carbons (Fsp3) is 0.636. The Morgan fingerprint density at radius 3 is 2.56 bits per heavy atom. The first-order valence-electron chi connectivity index (χ1n) is 5.43. The summed E-state index contributed by atoms with van der Waals surface area (Å²) >= 11 is 1.56. The number of nitrogens with zero attached hydrogens (tertiary/aromatic N) is 1. The highest BCUT2D eigenvalue weighted by Crippen LogP contribution is 2.17. The smallest absolute Gasteiger partial charge is 0.323 e. The van der Waals surface area contributed by atoms with E-state index in [0.29, 0.717) is 19.4 Å². The van der Waals surface area contributed by atoms with E-state index in [1.54, 1.807) is 11.3 Å². The molecular formula is C11H18N2O2S. The highest BCUT2D eigenvalue weighted by Gasteiger charge is 2.34. The van der Waals surface area contributed by atoms with Crippen LogP contribution in [0.2, 0.25) is 0 Å². The number of hydrogen-bond acceptors (Lipinski definition) is 4. The van der Waals surface area contributed by atoms with E-state index in [1.165, 1.54) is 0 Å². The van der Waals surface area contributed by atoms with Gasteiger partial charge >= 0.3 is 5.97 Å². The molecule has 0 aromatic carbocycles. The van der Waals surface area contributed by atoms with E-state index >= 15 is 0 Å². The van der Waals surface area contributed by atoms with Gasteiger partial charge in [-0.1, -0.05) is 13.8 Å². The van der Waals surface area contributed by atoms with Crippen molar-refractivity contribution in [2.24, 2.45) is 0 Å². The molecule has 0 radical (unpaired) electrons. The Labute approximate surface area is 99.7 Å². The van der Waals surface area contributed by atoms with Crippen LogP contribution in [-0.2, 0) is 11.3 Å².